The Kier molecular flexibility index (Phi) is 4.95. The van der Waals surface area contributed by atoms with E-state index in [4.69, 9.17) is 0 Å². The van der Waals surface area contributed by atoms with Crippen LogP contribution in [0.2, 0.25) is 0 Å². The third kappa shape index (κ3) is 4.86. The molecule has 0 bridgehead atoms. The molecule has 0 aromatic carbocycles. The monoisotopic (exact) mass is 314 g/mol. The van der Waals surface area contributed by atoms with E-state index in [9.17, 15) is 18.0 Å². The molecule has 112 valence electrons. The van der Waals surface area contributed by atoms with E-state index in [2.05, 4.69) is 4.98 Å². The maximum Gasteiger partial charge on any atom is 0.406 e. The molecule has 2 heterocycles. The van der Waals surface area contributed by atoms with Gasteiger partial charge in [0.2, 0.25) is 5.91 Å². The second kappa shape index (κ2) is 6.71. The predicted molar refractivity (Wildman–Crippen MR) is 75.3 cm³/mol. The van der Waals surface area contributed by atoms with Gasteiger partial charge in [0.25, 0.3) is 0 Å². The molecule has 2 aromatic rings. The lowest BCUT2D eigenvalue weighted by atomic mass is 10.2. The highest BCUT2D eigenvalue weighted by atomic mass is 32.1. The summed E-state index contributed by atoms with van der Waals surface area (Å²) in [6.07, 6.45) is -2.65. The van der Waals surface area contributed by atoms with Crippen LogP contribution in [0.25, 0.3) is 0 Å². The van der Waals surface area contributed by atoms with Crippen molar-refractivity contribution < 1.29 is 18.0 Å². The van der Waals surface area contributed by atoms with Crippen LogP contribution in [0.1, 0.15) is 11.3 Å². The number of alkyl halides is 3. The Hall–Kier alpha value is -1.89. The lowest BCUT2D eigenvalue weighted by molar-refractivity contribution is -0.132. The number of aromatic nitrogens is 1. The Morgan fingerprint density at radius 1 is 1.24 bits per heavy atom. The van der Waals surface area contributed by atoms with E-state index in [0.717, 1.165) is 4.88 Å². The van der Waals surface area contributed by atoms with Crippen molar-refractivity contribution in [1.29, 1.82) is 0 Å². The number of aryl methyl sites for hydroxylation is 1. The molecule has 0 aliphatic heterocycles. The molecule has 2 aromatic heterocycles. The molecule has 3 nitrogen and oxygen atoms in total. The van der Waals surface area contributed by atoms with Crippen LogP contribution in [-0.4, -0.2) is 23.6 Å². The van der Waals surface area contributed by atoms with Gasteiger partial charge in [0.1, 0.15) is 12.4 Å². The second-order valence-corrected chi connectivity index (χ2v) is 5.39. The van der Waals surface area contributed by atoms with Crippen molar-refractivity contribution in [2.45, 2.75) is 19.0 Å². The van der Waals surface area contributed by atoms with Gasteiger partial charge in [0.05, 0.1) is 0 Å². The van der Waals surface area contributed by atoms with Gasteiger partial charge in [-0.15, -0.1) is 11.3 Å². The van der Waals surface area contributed by atoms with E-state index >= 15 is 0 Å². The molecule has 0 unspecified atom stereocenters. The smallest absolute Gasteiger partial charge is 0.288 e. The maximum absolute atomic E-state index is 12.6. The third-order valence-electron chi connectivity index (χ3n) is 2.73. The normalized spacial score (nSPS) is 11.4. The fraction of sp³-hybridized carbons (Fsp3) is 0.286. The Bertz CT molecular complexity index is 570. The molecule has 1 amide bonds. The fourth-order valence-corrected chi connectivity index (χ4v) is 2.52. The number of hydrogen-bond acceptors (Lipinski definition) is 3. The summed E-state index contributed by atoms with van der Waals surface area (Å²) in [6.45, 7) is -1.33. The van der Waals surface area contributed by atoms with E-state index < -0.39 is 18.6 Å². The number of pyridine rings is 1. The van der Waals surface area contributed by atoms with Crippen LogP contribution in [0.4, 0.5) is 19.0 Å². The summed E-state index contributed by atoms with van der Waals surface area (Å²) in [5, 5.41) is 1.87. The van der Waals surface area contributed by atoms with Gasteiger partial charge in [-0.1, -0.05) is 12.1 Å². The topological polar surface area (TPSA) is 33.2 Å². The van der Waals surface area contributed by atoms with E-state index in [1.54, 1.807) is 12.1 Å². The molecule has 0 fully saturated rings. The highest BCUT2D eigenvalue weighted by Crippen LogP contribution is 2.22. The molecule has 0 atom stereocenters. The molecule has 0 N–H and O–H groups in total. The molecule has 0 aliphatic carbocycles. The molecule has 0 aliphatic rings. The molecule has 0 spiro atoms. The Morgan fingerprint density at radius 2 is 2.05 bits per heavy atom. The van der Waals surface area contributed by atoms with Gasteiger partial charge in [-0.05, 0) is 30.0 Å². The molecule has 2 rings (SSSR count). The minimum Gasteiger partial charge on any atom is -0.288 e. The van der Waals surface area contributed by atoms with Crippen molar-refractivity contribution in [2.75, 3.05) is 11.4 Å². The van der Waals surface area contributed by atoms with Crippen molar-refractivity contribution in [3.8, 4) is 0 Å². The summed E-state index contributed by atoms with van der Waals surface area (Å²) in [7, 11) is 0. The molecule has 0 radical (unpaired) electrons. The molecule has 21 heavy (non-hydrogen) atoms. The van der Waals surface area contributed by atoms with Crippen LogP contribution in [0.3, 0.4) is 0 Å². The summed E-state index contributed by atoms with van der Waals surface area (Å²) < 4.78 is 37.9. The number of carbonyl (C=O) groups is 1. The van der Waals surface area contributed by atoms with E-state index in [1.165, 1.54) is 23.6 Å². The van der Waals surface area contributed by atoms with Gasteiger partial charge < -0.3 is 0 Å². The summed E-state index contributed by atoms with van der Waals surface area (Å²) in [5.74, 6) is -0.564. The van der Waals surface area contributed by atoms with Crippen molar-refractivity contribution >= 4 is 23.1 Å². The highest BCUT2D eigenvalue weighted by molar-refractivity contribution is 7.09. The van der Waals surface area contributed by atoms with Crippen molar-refractivity contribution in [3.05, 3.63) is 46.8 Å². The average molecular weight is 314 g/mol. The number of nitrogens with zero attached hydrogens (tertiary/aromatic N) is 2. The van der Waals surface area contributed by atoms with Crippen molar-refractivity contribution in [3.63, 3.8) is 0 Å². The minimum absolute atomic E-state index is 0.0194. The van der Waals surface area contributed by atoms with E-state index in [1.807, 2.05) is 17.5 Å². The van der Waals surface area contributed by atoms with Gasteiger partial charge >= 0.3 is 6.18 Å². The zero-order chi connectivity index (χ0) is 15.3. The van der Waals surface area contributed by atoms with Gasteiger partial charge in [-0.3, -0.25) is 9.69 Å². The van der Waals surface area contributed by atoms with Gasteiger partial charge in [0.15, 0.2) is 0 Å². The van der Waals surface area contributed by atoms with Crippen LogP contribution in [-0.2, 0) is 11.2 Å². The van der Waals surface area contributed by atoms with Crippen LogP contribution < -0.4 is 4.90 Å². The number of rotatable bonds is 5. The maximum atomic E-state index is 12.6. The number of carbonyl (C=O) groups excluding carboxylic acids is 1. The highest BCUT2D eigenvalue weighted by Gasteiger charge is 2.34. The number of thiophene rings is 1. The zero-order valence-electron chi connectivity index (χ0n) is 11.0. The Morgan fingerprint density at radius 3 is 2.62 bits per heavy atom. The second-order valence-electron chi connectivity index (χ2n) is 4.36. The predicted octanol–water partition coefficient (Wildman–Crippen LogP) is 3.67. The van der Waals surface area contributed by atoms with Gasteiger partial charge in [-0.2, -0.15) is 13.2 Å². The van der Waals surface area contributed by atoms with Crippen LogP contribution in [0.5, 0.6) is 0 Å². The number of hydrogen-bond donors (Lipinski definition) is 0. The number of anilines is 1. The Balaban J connectivity index is 2.09. The zero-order valence-corrected chi connectivity index (χ0v) is 11.8. The average Bonchev–Trinajstić information content (AvgIpc) is 2.95. The van der Waals surface area contributed by atoms with E-state index in [0.29, 0.717) is 11.3 Å². The first-order valence-corrected chi connectivity index (χ1v) is 7.14. The summed E-state index contributed by atoms with van der Waals surface area (Å²) >= 11 is 1.48. The molecule has 0 saturated heterocycles. The van der Waals surface area contributed by atoms with E-state index in [-0.39, 0.29) is 12.2 Å². The minimum atomic E-state index is -4.46. The largest absolute Gasteiger partial charge is 0.406 e. The van der Waals surface area contributed by atoms with Crippen LogP contribution in [0.15, 0.2) is 41.9 Å². The van der Waals surface area contributed by atoms with Crippen molar-refractivity contribution in [1.82, 2.24) is 4.98 Å². The first kappa shape index (κ1) is 15.5. The van der Waals surface area contributed by atoms with Gasteiger partial charge in [-0.25, -0.2) is 4.98 Å². The standard InChI is InChI=1S/C14H13F3N2OS/c15-14(16,17)10-19(12-5-1-2-8-18-12)13(20)7-6-11-4-3-9-21-11/h1-5,8-9H,6-7,10H2. The quantitative estimate of drug-likeness (QED) is 0.843. The third-order valence-corrected chi connectivity index (χ3v) is 3.67. The SMILES string of the molecule is O=C(CCc1cccs1)N(CC(F)(F)F)c1ccccn1. The lowest BCUT2D eigenvalue weighted by Gasteiger charge is -2.23. The summed E-state index contributed by atoms with van der Waals surface area (Å²) in [6, 6.07) is 8.24. The lowest BCUT2D eigenvalue weighted by Crippen LogP contribution is -2.39. The van der Waals surface area contributed by atoms with Gasteiger partial charge in [0, 0.05) is 17.5 Å². The fourth-order valence-electron chi connectivity index (χ4n) is 1.81. The number of halogens is 3. The molecule has 7 heteroatoms. The molecule has 0 saturated carbocycles. The first-order chi connectivity index (χ1) is 9.96. The Labute approximate surface area is 124 Å². The summed E-state index contributed by atoms with van der Waals surface area (Å²) in [4.78, 5) is 17.6. The van der Waals surface area contributed by atoms with Crippen LogP contribution in [0, 0.1) is 0 Å². The molecular weight excluding hydrogens is 301 g/mol. The first-order valence-electron chi connectivity index (χ1n) is 6.26. The van der Waals surface area contributed by atoms with Crippen LogP contribution >= 0.6 is 11.3 Å². The number of amides is 1. The summed E-state index contributed by atoms with van der Waals surface area (Å²) in [5.41, 5.74) is 0. The molecular formula is C14H13F3N2OS. The van der Waals surface area contributed by atoms with Crippen molar-refractivity contribution in [2.24, 2.45) is 0 Å².